The van der Waals surface area contributed by atoms with Crippen LogP contribution < -0.4 is 15.8 Å². The summed E-state index contributed by atoms with van der Waals surface area (Å²) in [6, 6.07) is 4.74. The summed E-state index contributed by atoms with van der Waals surface area (Å²) in [5.74, 6) is -0.326. The molecular formula is C14H21N3O4S. The lowest BCUT2D eigenvalue weighted by Crippen LogP contribution is -2.54. The second-order valence-corrected chi connectivity index (χ2v) is 7.27. The zero-order valence-corrected chi connectivity index (χ0v) is 13.5. The molecule has 2 rings (SSSR count). The molecule has 1 amide bonds. The number of benzene rings is 1. The van der Waals surface area contributed by atoms with Crippen LogP contribution in [-0.2, 0) is 19.6 Å². The average molecular weight is 327 g/mol. The summed E-state index contributed by atoms with van der Waals surface area (Å²) in [5.41, 5.74) is 6.13. The Labute approximate surface area is 130 Å². The van der Waals surface area contributed by atoms with Gasteiger partial charge in [0.25, 0.3) is 0 Å². The van der Waals surface area contributed by atoms with Crippen molar-refractivity contribution in [3.63, 3.8) is 0 Å². The van der Waals surface area contributed by atoms with Gasteiger partial charge in [-0.15, -0.1) is 0 Å². The summed E-state index contributed by atoms with van der Waals surface area (Å²) in [6.45, 7) is 2.58. The third kappa shape index (κ3) is 3.46. The van der Waals surface area contributed by atoms with Crippen LogP contribution >= 0.6 is 0 Å². The van der Waals surface area contributed by atoms with Crippen molar-refractivity contribution < 1.29 is 17.9 Å². The van der Waals surface area contributed by atoms with Gasteiger partial charge in [0.05, 0.1) is 4.90 Å². The molecule has 1 aliphatic heterocycles. The minimum absolute atomic E-state index is 0.130. The molecule has 0 spiro atoms. The third-order valence-corrected chi connectivity index (χ3v) is 5.40. The SMILES string of the molecule is CNS(=O)(=O)c1cc(NC(=O)C2(N)CCOCC2)ccc1C. The zero-order chi connectivity index (χ0) is 16.4. The number of aryl methyl sites for hydroxylation is 1. The first-order chi connectivity index (χ1) is 10.3. The molecule has 0 unspecified atom stereocenters. The molecule has 122 valence electrons. The van der Waals surface area contributed by atoms with Gasteiger partial charge in [0.2, 0.25) is 15.9 Å². The molecule has 1 saturated heterocycles. The van der Waals surface area contributed by atoms with E-state index in [2.05, 4.69) is 10.0 Å². The van der Waals surface area contributed by atoms with E-state index >= 15 is 0 Å². The minimum atomic E-state index is -3.58. The second kappa shape index (κ2) is 6.33. The van der Waals surface area contributed by atoms with Gasteiger partial charge in [0, 0.05) is 18.9 Å². The maximum Gasteiger partial charge on any atom is 0.244 e. The molecule has 0 aromatic heterocycles. The van der Waals surface area contributed by atoms with Crippen LogP contribution in [0.15, 0.2) is 23.1 Å². The Kier molecular flexibility index (Phi) is 4.86. The molecule has 1 heterocycles. The second-order valence-electron chi connectivity index (χ2n) is 5.41. The number of amides is 1. The monoisotopic (exact) mass is 327 g/mol. The van der Waals surface area contributed by atoms with Gasteiger partial charge in [-0.25, -0.2) is 13.1 Å². The third-order valence-electron chi connectivity index (χ3n) is 3.84. The van der Waals surface area contributed by atoms with E-state index < -0.39 is 15.6 Å². The van der Waals surface area contributed by atoms with Crippen molar-refractivity contribution in [2.45, 2.75) is 30.2 Å². The van der Waals surface area contributed by atoms with E-state index in [0.29, 0.717) is 37.3 Å². The number of nitrogens with two attached hydrogens (primary N) is 1. The number of ether oxygens (including phenoxy) is 1. The fraction of sp³-hybridized carbons (Fsp3) is 0.500. The van der Waals surface area contributed by atoms with Crippen LogP contribution in [-0.4, -0.2) is 40.1 Å². The van der Waals surface area contributed by atoms with Gasteiger partial charge in [0.15, 0.2) is 0 Å². The Morgan fingerprint density at radius 1 is 1.32 bits per heavy atom. The van der Waals surface area contributed by atoms with Crippen LogP contribution in [0.4, 0.5) is 5.69 Å². The molecule has 0 bridgehead atoms. The molecule has 1 aliphatic rings. The van der Waals surface area contributed by atoms with E-state index in [9.17, 15) is 13.2 Å². The normalized spacial score (nSPS) is 18.0. The lowest BCUT2D eigenvalue weighted by molar-refractivity contribution is -0.124. The van der Waals surface area contributed by atoms with Crippen molar-refractivity contribution in [2.24, 2.45) is 5.73 Å². The van der Waals surface area contributed by atoms with Gasteiger partial charge in [-0.1, -0.05) is 6.07 Å². The zero-order valence-electron chi connectivity index (χ0n) is 12.7. The standard InChI is InChI=1S/C14H21N3O4S/c1-10-3-4-11(9-12(10)22(19,20)16-2)17-13(18)14(15)5-7-21-8-6-14/h3-4,9,16H,5-8,15H2,1-2H3,(H,17,18). The number of carbonyl (C=O) groups excluding carboxylic acids is 1. The highest BCUT2D eigenvalue weighted by Crippen LogP contribution is 2.23. The Morgan fingerprint density at radius 3 is 2.55 bits per heavy atom. The van der Waals surface area contributed by atoms with Crippen molar-refractivity contribution in [3.05, 3.63) is 23.8 Å². The molecular weight excluding hydrogens is 306 g/mol. The fourth-order valence-corrected chi connectivity index (χ4v) is 3.29. The van der Waals surface area contributed by atoms with Gasteiger partial charge in [-0.3, -0.25) is 4.79 Å². The number of anilines is 1. The number of sulfonamides is 1. The van der Waals surface area contributed by atoms with Crippen molar-refractivity contribution >= 4 is 21.6 Å². The van der Waals surface area contributed by atoms with Gasteiger partial charge in [0.1, 0.15) is 5.54 Å². The smallest absolute Gasteiger partial charge is 0.244 e. The fourth-order valence-electron chi connectivity index (χ4n) is 2.30. The molecule has 0 atom stereocenters. The van der Waals surface area contributed by atoms with E-state index in [1.807, 2.05) is 0 Å². The number of nitrogens with one attached hydrogen (secondary N) is 2. The molecule has 22 heavy (non-hydrogen) atoms. The van der Waals surface area contributed by atoms with Crippen LogP contribution in [0.3, 0.4) is 0 Å². The molecule has 8 heteroatoms. The number of rotatable bonds is 4. The van der Waals surface area contributed by atoms with Crippen LogP contribution in [0.2, 0.25) is 0 Å². The summed E-state index contributed by atoms with van der Waals surface area (Å²) in [6.07, 6.45) is 0.874. The van der Waals surface area contributed by atoms with Crippen LogP contribution in [0.5, 0.6) is 0 Å². The summed E-state index contributed by atoms with van der Waals surface area (Å²) >= 11 is 0. The molecule has 0 saturated carbocycles. The van der Waals surface area contributed by atoms with Crippen molar-refractivity contribution in [1.82, 2.24) is 4.72 Å². The topological polar surface area (TPSA) is 111 Å². The summed E-state index contributed by atoms with van der Waals surface area (Å²) in [5, 5.41) is 2.70. The van der Waals surface area contributed by atoms with Gasteiger partial charge in [-0.05, 0) is 44.5 Å². The Bertz CT molecular complexity index is 667. The summed E-state index contributed by atoms with van der Waals surface area (Å²) in [7, 11) is -2.24. The summed E-state index contributed by atoms with van der Waals surface area (Å²) in [4.78, 5) is 12.5. The van der Waals surface area contributed by atoms with Gasteiger partial charge < -0.3 is 15.8 Å². The van der Waals surface area contributed by atoms with Crippen LogP contribution in [0.1, 0.15) is 18.4 Å². The highest BCUT2D eigenvalue weighted by molar-refractivity contribution is 7.89. The van der Waals surface area contributed by atoms with E-state index in [4.69, 9.17) is 10.5 Å². The maximum absolute atomic E-state index is 12.3. The van der Waals surface area contributed by atoms with Gasteiger partial charge >= 0.3 is 0 Å². The molecule has 0 radical (unpaired) electrons. The molecule has 0 aliphatic carbocycles. The number of carbonyl (C=O) groups is 1. The molecule has 1 fully saturated rings. The maximum atomic E-state index is 12.3. The Morgan fingerprint density at radius 2 is 1.95 bits per heavy atom. The predicted molar refractivity (Wildman–Crippen MR) is 83.0 cm³/mol. The first-order valence-electron chi connectivity index (χ1n) is 7.01. The molecule has 1 aromatic rings. The summed E-state index contributed by atoms with van der Waals surface area (Å²) < 4.78 is 31.4. The highest BCUT2D eigenvalue weighted by atomic mass is 32.2. The first kappa shape index (κ1) is 16.9. The number of hydrogen-bond donors (Lipinski definition) is 3. The van der Waals surface area contributed by atoms with E-state index in [0.717, 1.165) is 0 Å². The van der Waals surface area contributed by atoms with E-state index in [-0.39, 0.29) is 10.8 Å². The largest absolute Gasteiger partial charge is 0.381 e. The first-order valence-corrected chi connectivity index (χ1v) is 8.49. The van der Waals surface area contributed by atoms with Crippen LogP contribution in [0, 0.1) is 6.92 Å². The van der Waals surface area contributed by atoms with Crippen molar-refractivity contribution in [2.75, 3.05) is 25.6 Å². The molecule has 7 nitrogen and oxygen atoms in total. The Hall–Kier alpha value is -1.48. The predicted octanol–water partition coefficient (Wildman–Crippen LogP) is 0.350. The van der Waals surface area contributed by atoms with E-state index in [1.54, 1.807) is 19.1 Å². The highest BCUT2D eigenvalue weighted by Gasteiger charge is 2.36. The average Bonchev–Trinajstić information content (AvgIpc) is 2.49. The quantitative estimate of drug-likeness (QED) is 0.739. The van der Waals surface area contributed by atoms with Crippen molar-refractivity contribution in [3.8, 4) is 0 Å². The molecule has 1 aromatic carbocycles. The Balaban J connectivity index is 2.24. The number of hydrogen-bond acceptors (Lipinski definition) is 5. The van der Waals surface area contributed by atoms with Crippen LogP contribution in [0.25, 0.3) is 0 Å². The minimum Gasteiger partial charge on any atom is -0.381 e. The molecule has 4 N–H and O–H groups in total. The van der Waals surface area contributed by atoms with E-state index in [1.165, 1.54) is 13.1 Å². The van der Waals surface area contributed by atoms with Crippen molar-refractivity contribution in [1.29, 1.82) is 0 Å². The lowest BCUT2D eigenvalue weighted by atomic mass is 9.90. The lowest BCUT2D eigenvalue weighted by Gasteiger charge is -2.31. The van der Waals surface area contributed by atoms with Gasteiger partial charge in [-0.2, -0.15) is 0 Å².